The third-order valence-corrected chi connectivity index (χ3v) is 7.08. The van der Waals surface area contributed by atoms with E-state index in [1.165, 1.54) is 23.5 Å². The second kappa shape index (κ2) is 8.63. The lowest BCUT2D eigenvalue weighted by Gasteiger charge is -2.18. The lowest BCUT2D eigenvalue weighted by Crippen LogP contribution is -2.18. The van der Waals surface area contributed by atoms with Gasteiger partial charge in [0.1, 0.15) is 13.2 Å². The first-order valence-corrected chi connectivity index (χ1v) is 12.0. The summed E-state index contributed by atoms with van der Waals surface area (Å²) < 4.78 is 36.0. The van der Waals surface area contributed by atoms with Gasteiger partial charge >= 0.3 is 0 Å². The van der Waals surface area contributed by atoms with E-state index in [4.69, 9.17) is 21.1 Å². The Bertz CT molecular complexity index is 1180. The summed E-state index contributed by atoms with van der Waals surface area (Å²) in [7, 11) is -3.65. The number of aromatic nitrogens is 1. The van der Waals surface area contributed by atoms with Crippen molar-refractivity contribution in [2.45, 2.75) is 11.3 Å². The molecule has 0 atom stereocenters. The SMILES string of the molecule is O=C(CCS(=O)(=O)c1ccc2c(c1)OCCO2)Nc1nc(-c2ccc(Cl)cc2)cs1. The Labute approximate surface area is 182 Å². The smallest absolute Gasteiger partial charge is 0.227 e. The maximum Gasteiger partial charge on any atom is 0.227 e. The van der Waals surface area contributed by atoms with Crippen molar-refractivity contribution in [3.8, 4) is 22.8 Å². The van der Waals surface area contributed by atoms with Crippen molar-refractivity contribution in [3.63, 3.8) is 0 Å². The molecule has 0 radical (unpaired) electrons. The summed E-state index contributed by atoms with van der Waals surface area (Å²) in [6.07, 6.45) is -0.188. The van der Waals surface area contributed by atoms with Gasteiger partial charge in [-0.25, -0.2) is 13.4 Å². The van der Waals surface area contributed by atoms with Gasteiger partial charge in [0, 0.05) is 28.5 Å². The molecule has 1 amide bonds. The molecule has 0 bridgehead atoms. The number of sulfone groups is 1. The molecule has 1 aromatic heterocycles. The zero-order valence-corrected chi connectivity index (χ0v) is 18.0. The predicted octanol–water partition coefficient (Wildman–Crippen LogP) is 4.04. The first-order chi connectivity index (χ1) is 14.4. The lowest BCUT2D eigenvalue weighted by atomic mass is 10.2. The number of thiazole rings is 1. The molecular weight excluding hydrogens is 448 g/mol. The number of benzene rings is 2. The topological polar surface area (TPSA) is 94.6 Å². The number of nitrogens with zero attached hydrogens (tertiary/aromatic N) is 1. The highest BCUT2D eigenvalue weighted by Gasteiger charge is 2.21. The van der Waals surface area contributed by atoms with Crippen molar-refractivity contribution in [3.05, 3.63) is 52.9 Å². The average molecular weight is 465 g/mol. The molecule has 0 spiro atoms. The van der Waals surface area contributed by atoms with Crippen LogP contribution in [0.3, 0.4) is 0 Å². The molecule has 0 saturated heterocycles. The second-order valence-corrected chi connectivity index (χ2v) is 9.87. The van der Waals surface area contributed by atoms with E-state index in [-0.39, 0.29) is 17.1 Å². The minimum Gasteiger partial charge on any atom is -0.486 e. The zero-order valence-electron chi connectivity index (χ0n) is 15.6. The highest BCUT2D eigenvalue weighted by Crippen LogP contribution is 2.32. The van der Waals surface area contributed by atoms with E-state index in [1.54, 1.807) is 18.2 Å². The number of halogens is 1. The van der Waals surface area contributed by atoms with E-state index in [2.05, 4.69) is 10.3 Å². The van der Waals surface area contributed by atoms with Crippen molar-refractivity contribution in [2.75, 3.05) is 24.3 Å². The second-order valence-electron chi connectivity index (χ2n) is 6.47. The van der Waals surface area contributed by atoms with Crippen molar-refractivity contribution in [1.82, 2.24) is 4.98 Å². The number of fused-ring (bicyclic) bond motifs is 1. The summed E-state index contributed by atoms with van der Waals surface area (Å²) in [6, 6.07) is 11.6. The van der Waals surface area contributed by atoms with Crippen LogP contribution in [-0.4, -0.2) is 38.3 Å². The van der Waals surface area contributed by atoms with E-state index < -0.39 is 15.7 Å². The van der Waals surface area contributed by atoms with Crippen LogP contribution in [-0.2, 0) is 14.6 Å². The fraction of sp³-hybridized carbons (Fsp3) is 0.200. The van der Waals surface area contributed by atoms with Gasteiger partial charge in [-0.15, -0.1) is 11.3 Å². The molecule has 2 aromatic carbocycles. The number of rotatable bonds is 6. The molecule has 0 aliphatic carbocycles. The summed E-state index contributed by atoms with van der Waals surface area (Å²) in [6.45, 7) is 0.792. The number of carbonyl (C=O) groups is 1. The van der Waals surface area contributed by atoms with Gasteiger partial charge in [0.25, 0.3) is 0 Å². The fourth-order valence-electron chi connectivity index (χ4n) is 2.83. The van der Waals surface area contributed by atoms with Crippen LogP contribution in [0.5, 0.6) is 11.5 Å². The molecule has 3 aromatic rings. The Hall–Kier alpha value is -2.62. The summed E-state index contributed by atoms with van der Waals surface area (Å²) in [4.78, 5) is 16.7. The molecule has 30 heavy (non-hydrogen) atoms. The van der Waals surface area contributed by atoms with Crippen LogP contribution >= 0.6 is 22.9 Å². The molecule has 4 rings (SSSR count). The van der Waals surface area contributed by atoms with Crippen molar-refractivity contribution >= 4 is 43.8 Å². The Kier molecular flexibility index (Phi) is 5.94. The molecule has 0 fully saturated rings. The van der Waals surface area contributed by atoms with E-state index in [1.807, 2.05) is 17.5 Å². The molecular formula is C20H17ClN2O5S2. The molecule has 1 aliphatic rings. The van der Waals surface area contributed by atoms with Gasteiger partial charge < -0.3 is 14.8 Å². The molecule has 0 unspecified atom stereocenters. The highest BCUT2D eigenvalue weighted by molar-refractivity contribution is 7.91. The van der Waals surface area contributed by atoms with Crippen LogP contribution < -0.4 is 14.8 Å². The highest BCUT2D eigenvalue weighted by atomic mass is 35.5. The molecule has 1 aliphatic heterocycles. The predicted molar refractivity (Wildman–Crippen MR) is 115 cm³/mol. The Morgan fingerprint density at radius 3 is 2.60 bits per heavy atom. The van der Waals surface area contributed by atoms with Crippen LogP contribution in [0.1, 0.15) is 6.42 Å². The number of amides is 1. The molecule has 10 heteroatoms. The van der Waals surface area contributed by atoms with Gasteiger partial charge in [0.05, 0.1) is 16.3 Å². The Morgan fingerprint density at radius 1 is 1.10 bits per heavy atom. The minimum absolute atomic E-state index is 0.0961. The number of nitrogens with one attached hydrogen (secondary N) is 1. The van der Waals surface area contributed by atoms with Gasteiger partial charge in [-0.1, -0.05) is 23.7 Å². The largest absolute Gasteiger partial charge is 0.486 e. The molecule has 0 saturated carbocycles. The van der Waals surface area contributed by atoms with E-state index in [0.29, 0.717) is 40.6 Å². The van der Waals surface area contributed by atoms with Crippen LogP contribution in [0, 0.1) is 0 Å². The Balaban J connectivity index is 1.37. The lowest BCUT2D eigenvalue weighted by molar-refractivity contribution is -0.115. The summed E-state index contributed by atoms with van der Waals surface area (Å²) >= 11 is 7.15. The van der Waals surface area contributed by atoms with Crippen molar-refractivity contribution in [2.24, 2.45) is 0 Å². The number of ether oxygens (including phenoxy) is 2. The van der Waals surface area contributed by atoms with Crippen LogP contribution in [0.2, 0.25) is 5.02 Å². The third-order valence-electron chi connectivity index (χ3n) is 4.36. The minimum atomic E-state index is -3.65. The number of carbonyl (C=O) groups excluding carboxylic acids is 1. The van der Waals surface area contributed by atoms with Crippen molar-refractivity contribution in [1.29, 1.82) is 0 Å². The maximum atomic E-state index is 12.6. The summed E-state index contributed by atoms with van der Waals surface area (Å²) in [5.74, 6) is 0.157. The summed E-state index contributed by atoms with van der Waals surface area (Å²) in [5, 5.41) is 5.49. The number of anilines is 1. The zero-order chi connectivity index (χ0) is 21.1. The number of hydrogen-bond donors (Lipinski definition) is 1. The fourth-order valence-corrected chi connectivity index (χ4v) is 4.94. The van der Waals surface area contributed by atoms with Gasteiger partial charge in [0.15, 0.2) is 26.5 Å². The van der Waals surface area contributed by atoms with Crippen LogP contribution in [0.4, 0.5) is 5.13 Å². The quantitative estimate of drug-likeness (QED) is 0.591. The van der Waals surface area contributed by atoms with Gasteiger partial charge in [-0.3, -0.25) is 4.79 Å². The maximum absolute atomic E-state index is 12.6. The average Bonchev–Trinajstić information content (AvgIpc) is 3.21. The molecule has 2 heterocycles. The van der Waals surface area contributed by atoms with Crippen LogP contribution in [0.25, 0.3) is 11.3 Å². The van der Waals surface area contributed by atoms with Gasteiger partial charge in [-0.05, 0) is 24.3 Å². The van der Waals surface area contributed by atoms with E-state index in [9.17, 15) is 13.2 Å². The van der Waals surface area contributed by atoms with E-state index >= 15 is 0 Å². The van der Waals surface area contributed by atoms with Crippen molar-refractivity contribution < 1.29 is 22.7 Å². The molecule has 156 valence electrons. The normalized spacial score (nSPS) is 13.1. The number of hydrogen-bond acceptors (Lipinski definition) is 7. The van der Waals surface area contributed by atoms with Gasteiger partial charge in [-0.2, -0.15) is 0 Å². The monoisotopic (exact) mass is 464 g/mol. The van der Waals surface area contributed by atoms with Gasteiger partial charge in [0.2, 0.25) is 5.91 Å². The molecule has 7 nitrogen and oxygen atoms in total. The summed E-state index contributed by atoms with van der Waals surface area (Å²) in [5.41, 5.74) is 1.58. The van der Waals surface area contributed by atoms with Crippen LogP contribution in [0.15, 0.2) is 52.7 Å². The third kappa shape index (κ3) is 4.75. The Morgan fingerprint density at radius 2 is 1.83 bits per heavy atom. The molecule has 1 N–H and O–H groups in total. The first-order valence-electron chi connectivity index (χ1n) is 9.04. The standard InChI is InChI=1S/C20H17ClN2O5S2/c21-14-3-1-13(2-4-14)16-12-29-20(22-16)23-19(24)7-10-30(25,26)15-5-6-17-18(11-15)28-9-8-27-17/h1-6,11-12H,7-10H2,(H,22,23,24). The van der Waals surface area contributed by atoms with E-state index in [0.717, 1.165) is 5.56 Å². The first kappa shape index (κ1) is 20.6.